The number of nitrogens with one attached hydrogen (secondary N) is 1. The third kappa shape index (κ3) is 4.67. The van der Waals surface area contributed by atoms with E-state index in [-0.39, 0.29) is 12.5 Å². The summed E-state index contributed by atoms with van der Waals surface area (Å²) in [5.74, 6) is 2.44. The number of ether oxygens (including phenoxy) is 3. The van der Waals surface area contributed by atoms with Crippen molar-refractivity contribution in [2.75, 3.05) is 21.3 Å². The first kappa shape index (κ1) is 22.0. The topological polar surface area (TPSA) is 82.8 Å². The summed E-state index contributed by atoms with van der Waals surface area (Å²) in [5, 5.41) is 2.94. The van der Waals surface area contributed by atoms with E-state index in [0.29, 0.717) is 40.0 Å². The fourth-order valence-corrected chi connectivity index (χ4v) is 3.50. The Morgan fingerprint density at radius 1 is 0.879 bits per heavy atom. The number of amides is 1. The highest BCUT2D eigenvalue weighted by molar-refractivity contribution is 6.00. The van der Waals surface area contributed by atoms with Gasteiger partial charge in [-0.3, -0.25) is 4.79 Å². The van der Waals surface area contributed by atoms with Crippen LogP contribution in [0.5, 0.6) is 17.2 Å². The van der Waals surface area contributed by atoms with E-state index in [1.165, 1.54) is 0 Å². The average Bonchev–Trinajstić information content (AvgIpc) is 3.37. The van der Waals surface area contributed by atoms with Crippen LogP contribution in [-0.4, -0.2) is 32.2 Å². The molecule has 7 nitrogen and oxygen atoms in total. The number of methoxy groups -OCH3 is 3. The van der Waals surface area contributed by atoms with Crippen LogP contribution in [0.15, 0.2) is 77.3 Å². The van der Waals surface area contributed by atoms with E-state index in [1.54, 1.807) is 51.8 Å². The SMILES string of the molecule is COc1cc(OC)c(OC)cc1CNC(=O)c1ccccc1-c1ncc(-c2ccccc2)o1. The van der Waals surface area contributed by atoms with E-state index < -0.39 is 0 Å². The monoisotopic (exact) mass is 444 g/mol. The van der Waals surface area contributed by atoms with E-state index in [2.05, 4.69) is 10.3 Å². The molecular weight excluding hydrogens is 420 g/mol. The minimum Gasteiger partial charge on any atom is -0.496 e. The number of hydrogen-bond donors (Lipinski definition) is 1. The Hall–Kier alpha value is -4.26. The molecule has 1 aromatic heterocycles. The Morgan fingerprint density at radius 3 is 2.27 bits per heavy atom. The van der Waals surface area contributed by atoms with Gasteiger partial charge in [0.2, 0.25) is 5.89 Å². The lowest BCUT2D eigenvalue weighted by molar-refractivity contribution is 0.0951. The number of hydrogen-bond acceptors (Lipinski definition) is 6. The highest BCUT2D eigenvalue weighted by atomic mass is 16.5. The zero-order valence-corrected chi connectivity index (χ0v) is 18.6. The van der Waals surface area contributed by atoms with Crippen LogP contribution >= 0.6 is 0 Å². The third-order valence-corrected chi connectivity index (χ3v) is 5.19. The molecule has 1 N–H and O–H groups in total. The zero-order valence-electron chi connectivity index (χ0n) is 18.6. The van der Waals surface area contributed by atoms with Crippen molar-refractivity contribution in [1.82, 2.24) is 10.3 Å². The van der Waals surface area contributed by atoms with Crippen LogP contribution in [0.25, 0.3) is 22.8 Å². The summed E-state index contributed by atoms with van der Waals surface area (Å²) in [5.41, 5.74) is 2.73. The number of carbonyl (C=O) groups excluding carboxylic acids is 1. The Bertz CT molecular complexity index is 1250. The van der Waals surface area contributed by atoms with Gasteiger partial charge in [-0.2, -0.15) is 0 Å². The number of aromatic nitrogens is 1. The molecule has 4 rings (SSSR count). The zero-order chi connectivity index (χ0) is 23.2. The second-order valence-electron chi connectivity index (χ2n) is 7.14. The van der Waals surface area contributed by atoms with E-state index in [9.17, 15) is 4.79 Å². The van der Waals surface area contributed by atoms with Gasteiger partial charge in [-0.1, -0.05) is 42.5 Å². The summed E-state index contributed by atoms with van der Waals surface area (Å²) in [4.78, 5) is 17.5. The summed E-state index contributed by atoms with van der Waals surface area (Å²) in [6.07, 6.45) is 1.66. The first-order valence-corrected chi connectivity index (χ1v) is 10.3. The summed E-state index contributed by atoms with van der Waals surface area (Å²) in [7, 11) is 4.68. The Balaban J connectivity index is 1.57. The van der Waals surface area contributed by atoms with Gasteiger partial charge in [-0.05, 0) is 18.2 Å². The Morgan fingerprint density at radius 2 is 1.55 bits per heavy atom. The smallest absolute Gasteiger partial charge is 0.252 e. The second-order valence-corrected chi connectivity index (χ2v) is 7.14. The highest BCUT2D eigenvalue weighted by Crippen LogP contribution is 2.34. The molecule has 0 radical (unpaired) electrons. The van der Waals surface area contributed by atoms with Crippen LogP contribution in [0.3, 0.4) is 0 Å². The molecule has 0 spiro atoms. The number of benzene rings is 3. The van der Waals surface area contributed by atoms with Crippen molar-refractivity contribution >= 4 is 5.91 Å². The largest absolute Gasteiger partial charge is 0.496 e. The van der Waals surface area contributed by atoms with E-state index in [0.717, 1.165) is 11.1 Å². The van der Waals surface area contributed by atoms with Gasteiger partial charge in [-0.25, -0.2) is 4.98 Å². The quantitative estimate of drug-likeness (QED) is 0.413. The third-order valence-electron chi connectivity index (χ3n) is 5.19. The molecule has 0 saturated heterocycles. The molecule has 0 saturated carbocycles. The fourth-order valence-electron chi connectivity index (χ4n) is 3.50. The highest BCUT2D eigenvalue weighted by Gasteiger charge is 2.18. The second kappa shape index (κ2) is 9.91. The lowest BCUT2D eigenvalue weighted by atomic mass is 10.1. The minimum absolute atomic E-state index is 0.234. The standard InChI is InChI=1S/C26H24N2O5/c1-30-21-14-23(32-3)22(31-2)13-18(21)15-27-25(29)19-11-7-8-12-20(19)26-28-16-24(33-26)17-9-5-4-6-10-17/h4-14,16H,15H2,1-3H3,(H,27,29). The van der Waals surface area contributed by atoms with Crippen LogP contribution in [-0.2, 0) is 6.54 Å². The number of oxazole rings is 1. The molecule has 0 unspecified atom stereocenters. The van der Waals surface area contributed by atoms with Gasteiger partial charge >= 0.3 is 0 Å². The van der Waals surface area contributed by atoms with E-state index in [4.69, 9.17) is 18.6 Å². The van der Waals surface area contributed by atoms with Crippen molar-refractivity contribution in [3.8, 4) is 40.0 Å². The maximum Gasteiger partial charge on any atom is 0.252 e. The molecule has 0 bridgehead atoms. The van der Waals surface area contributed by atoms with E-state index >= 15 is 0 Å². The molecule has 3 aromatic carbocycles. The van der Waals surface area contributed by atoms with Crippen molar-refractivity contribution < 1.29 is 23.4 Å². The lowest BCUT2D eigenvalue weighted by Gasteiger charge is -2.15. The predicted octanol–water partition coefficient (Wildman–Crippen LogP) is 4.96. The molecule has 0 aliphatic heterocycles. The van der Waals surface area contributed by atoms with Crippen molar-refractivity contribution in [2.45, 2.75) is 6.54 Å². The normalized spacial score (nSPS) is 10.5. The van der Waals surface area contributed by atoms with Crippen LogP contribution < -0.4 is 19.5 Å². The molecule has 7 heteroatoms. The van der Waals surface area contributed by atoms with Crippen LogP contribution in [0.4, 0.5) is 0 Å². The maximum absolute atomic E-state index is 13.1. The molecule has 0 atom stereocenters. The molecule has 1 heterocycles. The van der Waals surface area contributed by atoms with Gasteiger partial charge in [0.15, 0.2) is 17.3 Å². The van der Waals surface area contributed by atoms with Gasteiger partial charge in [0.1, 0.15) is 5.75 Å². The molecular formula is C26H24N2O5. The van der Waals surface area contributed by atoms with Crippen molar-refractivity contribution in [3.05, 3.63) is 84.1 Å². The molecule has 0 aliphatic rings. The number of nitrogens with zero attached hydrogens (tertiary/aromatic N) is 1. The first-order valence-electron chi connectivity index (χ1n) is 10.3. The van der Waals surface area contributed by atoms with E-state index in [1.807, 2.05) is 42.5 Å². The average molecular weight is 444 g/mol. The van der Waals surface area contributed by atoms with Gasteiger partial charge in [0, 0.05) is 29.3 Å². The summed E-state index contributed by atoms with van der Waals surface area (Å²) < 4.78 is 22.1. The van der Waals surface area contributed by atoms with Gasteiger partial charge < -0.3 is 23.9 Å². The molecule has 168 valence electrons. The predicted molar refractivity (Wildman–Crippen MR) is 125 cm³/mol. The van der Waals surface area contributed by atoms with Crippen molar-refractivity contribution in [2.24, 2.45) is 0 Å². The Labute approximate surface area is 191 Å². The van der Waals surface area contributed by atoms with Gasteiger partial charge in [-0.15, -0.1) is 0 Å². The van der Waals surface area contributed by atoms with Crippen LogP contribution in [0.2, 0.25) is 0 Å². The minimum atomic E-state index is -0.262. The van der Waals surface area contributed by atoms with Gasteiger partial charge in [0.25, 0.3) is 5.91 Å². The van der Waals surface area contributed by atoms with Crippen molar-refractivity contribution in [3.63, 3.8) is 0 Å². The summed E-state index contributed by atoms with van der Waals surface area (Å²) >= 11 is 0. The molecule has 4 aromatic rings. The molecule has 0 fully saturated rings. The van der Waals surface area contributed by atoms with Crippen LogP contribution in [0.1, 0.15) is 15.9 Å². The van der Waals surface area contributed by atoms with Gasteiger partial charge in [0.05, 0.1) is 33.1 Å². The molecule has 0 aliphatic carbocycles. The number of carbonyl (C=O) groups is 1. The lowest BCUT2D eigenvalue weighted by Crippen LogP contribution is -2.23. The van der Waals surface area contributed by atoms with Crippen LogP contribution in [0, 0.1) is 0 Å². The molecule has 33 heavy (non-hydrogen) atoms. The molecule has 1 amide bonds. The fraction of sp³-hybridized carbons (Fsp3) is 0.154. The number of rotatable bonds is 8. The first-order chi connectivity index (χ1) is 16.1. The van der Waals surface area contributed by atoms with Crippen molar-refractivity contribution in [1.29, 1.82) is 0 Å². The summed E-state index contributed by atoms with van der Waals surface area (Å²) in [6, 6.07) is 20.4. The maximum atomic E-state index is 13.1. The Kier molecular flexibility index (Phi) is 6.59. The summed E-state index contributed by atoms with van der Waals surface area (Å²) in [6.45, 7) is 0.234.